The molecule has 3 N–H and O–H groups in total. The number of rotatable bonds is 5. The molecule has 2 saturated carbocycles. The number of sulfonamides is 1. The van der Waals surface area contributed by atoms with Gasteiger partial charge in [0.15, 0.2) is 0 Å². The molecule has 0 radical (unpaired) electrons. The normalized spacial score (nSPS) is 28.0. The lowest BCUT2D eigenvalue weighted by Crippen LogP contribution is -2.31. The van der Waals surface area contributed by atoms with Crippen molar-refractivity contribution in [3.05, 3.63) is 18.2 Å². The maximum Gasteiger partial charge on any atom is 0.244 e. The van der Waals surface area contributed by atoms with Gasteiger partial charge in [0.1, 0.15) is 10.6 Å². The molecule has 0 heterocycles. The lowest BCUT2D eigenvalue weighted by Gasteiger charge is -2.22. The Bertz CT molecular complexity index is 630. The number of fused-ring (bicyclic) bond motifs is 2. The van der Waals surface area contributed by atoms with E-state index in [1.165, 1.54) is 32.4 Å². The minimum Gasteiger partial charge on any atom is -0.495 e. The number of nitrogens with two attached hydrogens (primary N) is 1. The van der Waals surface area contributed by atoms with Gasteiger partial charge in [0.05, 0.1) is 7.11 Å². The number of nitrogen functional groups attached to an aromatic ring is 1. The summed E-state index contributed by atoms with van der Waals surface area (Å²) in [5, 5.41) is 0. The third-order valence-electron chi connectivity index (χ3n) is 4.90. The van der Waals surface area contributed by atoms with Gasteiger partial charge in [0.2, 0.25) is 10.0 Å². The zero-order valence-electron chi connectivity index (χ0n) is 12.2. The number of anilines is 1. The predicted molar refractivity (Wildman–Crippen MR) is 81.5 cm³/mol. The number of nitrogens with one attached hydrogen (secondary N) is 1. The van der Waals surface area contributed by atoms with Crippen LogP contribution < -0.4 is 15.2 Å². The van der Waals surface area contributed by atoms with Crippen LogP contribution in [0.3, 0.4) is 0 Å². The van der Waals surface area contributed by atoms with Gasteiger partial charge < -0.3 is 10.5 Å². The monoisotopic (exact) mass is 310 g/mol. The molecule has 0 aromatic heterocycles. The van der Waals surface area contributed by atoms with Crippen molar-refractivity contribution in [2.45, 2.75) is 30.6 Å². The number of benzene rings is 1. The average Bonchev–Trinajstić information content (AvgIpc) is 3.08. The molecule has 2 fully saturated rings. The van der Waals surface area contributed by atoms with Crippen LogP contribution in [0.2, 0.25) is 0 Å². The molecule has 3 atom stereocenters. The molecular formula is C15H22N2O3S. The fourth-order valence-electron chi connectivity index (χ4n) is 3.82. The zero-order chi connectivity index (χ0) is 15.0. The first-order valence-electron chi connectivity index (χ1n) is 7.43. The molecule has 116 valence electrons. The summed E-state index contributed by atoms with van der Waals surface area (Å²) >= 11 is 0. The van der Waals surface area contributed by atoms with Crippen LogP contribution in [0.15, 0.2) is 23.1 Å². The Kier molecular flexibility index (Phi) is 3.84. The first-order valence-corrected chi connectivity index (χ1v) is 8.91. The predicted octanol–water partition coefficient (Wildman–Crippen LogP) is 1.99. The lowest BCUT2D eigenvalue weighted by molar-refractivity contribution is 0.332. The second-order valence-electron chi connectivity index (χ2n) is 6.20. The minimum absolute atomic E-state index is 0.119. The maximum absolute atomic E-state index is 12.5. The van der Waals surface area contributed by atoms with Crippen molar-refractivity contribution in [2.24, 2.45) is 17.8 Å². The quantitative estimate of drug-likeness (QED) is 0.815. The highest BCUT2D eigenvalue weighted by molar-refractivity contribution is 7.89. The van der Waals surface area contributed by atoms with E-state index >= 15 is 0 Å². The van der Waals surface area contributed by atoms with E-state index in [0.717, 1.165) is 12.3 Å². The van der Waals surface area contributed by atoms with Crippen LogP contribution in [0, 0.1) is 17.8 Å². The van der Waals surface area contributed by atoms with Crippen LogP contribution in [0.25, 0.3) is 0 Å². The molecule has 1 aromatic carbocycles. The molecule has 3 unspecified atom stereocenters. The zero-order valence-corrected chi connectivity index (χ0v) is 13.0. The molecule has 3 rings (SSSR count). The Labute approximate surface area is 125 Å². The van der Waals surface area contributed by atoms with E-state index in [9.17, 15) is 8.42 Å². The van der Waals surface area contributed by atoms with Crippen molar-refractivity contribution in [3.63, 3.8) is 0 Å². The molecule has 2 aliphatic carbocycles. The molecule has 0 spiro atoms. The van der Waals surface area contributed by atoms with Crippen LogP contribution in [0.1, 0.15) is 25.7 Å². The summed E-state index contributed by atoms with van der Waals surface area (Å²) in [5.41, 5.74) is 6.11. The molecule has 21 heavy (non-hydrogen) atoms. The van der Waals surface area contributed by atoms with Gasteiger partial charge in [-0.15, -0.1) is 0 Å². The number of hydrogen-bond donors (Lipinski definition) is 2. The molecule has 2 aliphatic rings. The van der Waals surface area contributed by atoms with E-state index in [4.69, 9.17) is 10.5 Å². The van der Waals surface area contributed by atoms with Crippen molar-refractivity contribution in [1.29, 1.82) is 0 Å². The topological polar surface area (TPSA) is 81.4 Å². The third-order valence-corrected chi connectivity index (χ3v) is 6.34. The minimum atomic E-state index is -3.58. The van der Waals surface area contributed by atoms with Crippen LogP contribution in [-0.2, 0) is 10.0 Å². The summed E-state index contributed by atoms with van der Waals surface area (Å²) in [6, 6.07) is 4.66. The van der Waals surface area contributed by atoms with Crippen molar-refractivity contribution in [3.8, 4) is 5.75 Å². The van der Waals surface area contributed by atoms with Gasteiger partial charge in [-0.25, -0.2) is 13.1 Å². The highest BCUT2D eigenvalue weighted by Crippen LogP contribution is 2.48. The van der Waals surface area contributed by atoms with E-state index in [-0.39, 0.29) is 4.90 Å². The third kappa shape index (κ3) is 2.87. The SMILES string of the molecule is COc1ccc(N)cc1S(=O)(=O)NCC1CC2CCC1C2. The van der Waals surface area contributed by atoms with E-state index in [0.29, 0.717) is 29.8 Å². The number of ether oxygens (including phenoxy) is 1. The van der Waals surface area contributed by atoms with Gasteiger partial charge in [-0.2, -0.15) is 0 Å². The maximum atomic E-state index is 12.5. The number of methoxy groups -OCH3 is 1. The summed E-state index contributed by atoms with van der Waals surface area (Å²) in [6.07, 6.45) is 4.99. The van der Waals surface area contributed by atoms with Gasteiger partial charge in [0, 0.05) is 12.2 Å². The average molecular weight is 310 g/mol. The highest BCUT2D eigenvalue weighted by Gasteiger charge is 2.39. The van der Waals surface area contributed by atoms with Crippen LogP contribution in [0.4, 0.5) is 5.69 Å². The molecule has 5 nitrogen and oxygen atoms in total. The first kappa shape index (κ1) is 14.7. The van der Waals surface area contributed by atoms with E-state index in [2.05, 4.69) is 4.72 Å². The van der Waals surface area contributed by atoms with Crippen molar-refractivity contribution in [2.75, 3.05) is 19.4 Å². The van der Waals surface area contributed by atoms with Crippen LogP contribution in [0.5, 0.6) is 5.75 Å². The lowest BCUT2D eigenvalue weighted by atomic mass is 9.89. The Morgan fingerprint density at radius 3 is 2.76 bits per heavy atom. The van der Waals surface area contributed by atoms with E-state index in [1.807, 2.05) is 0 Å². The van der Waals surface area contributed by atoms with Crippen LogP contribution >= 0.6 is 0 Å². The Morgan fingerprint density at radius 2 is 2.14 bits per heavy atom. The van der Waals surface area contributed by atoms with Gasteiger partial charge in [-0.1, -0.05) is 6.42 Å². The Hall–Kier alpha value is -1.27. The van der Waals surface area contributed by atoms with E-state index in [1.54, 1.807) is 12.1 Å². The highest BCUT2D eigenvalue weighted by atomic mass is 32.2. The molecule has 0 aliphatic heterocycles. The van der Waals surface area contributed by atoms with Gasteiger partial charge in [-0.05, 0) is 55.2 Å². The van der Waals surface area contributed by atoms with E-state index < -0.39 is 10.0 Å². The second-order valence-corrected chi connectivity index (χ2v) is 7.93. The Morgan fingerprint density at radius 1 is 1.33 bits per heavy atom. The van der Waals surface area contributed by atoms with Gasteiger partial charge >= 0.3 is 0 Å². The summed E-state index contributed by atoms with van der Waals surface area (Å²) in [6.45, 7) is 0.515. The van der Waals surface area contributed by atoms with Gasteiger partial charge in [-0.3, -0.25) is 0 Å². The molecular weight excluding hydrogens is 288 g/mol. The molecule has 0 saturated heterocycles. The van der Waals surface area contributed by atoms with Crippen molar-refractivity contribution < 1.29 is 13.2 Å². The largest absolute Gasteiger partial charge is 0.495 e. The van der Waals surface area contributed by atoms with Gasteiger partial charge in [0.25, 0.3) is 0 Å². The fourth-order valence-corrected chi connectivity index (χ4v) is 5.12. The molecule has 1 aromatic rings. The first-order chi connectivity index (χ1) is 9.99. The molecule has 6 heteroatoms. The summed E-state index contributed by atoms with van der Waals surface area (Å²) in [4.78, 5) is 0.119. The standard InChI is InChI=1S/C15H22N2O3S/c1-20-14-5-4-13(16)8-15(14)21(18,19)17-9-12-7-10-2-3-11(12)6-10/h4-5,8,10-12,17H,2-3,6-7,9,16H2,1H3. The van der Waals surface area contributed by atoms with Crippen LogP contribution in [-0.4, -0.2) is 22.1 Å². The molecule has 0 amide bonds. The number of hydrogen-bond acceptors (Lipinski definition) is 4. The smallest absolute Gasteiger partial charge is 0.244 e. The fraction of sp³-hybridized carbons (Fsp3) is 0.600. The Balaban J connectivity index is 1.73. The summed E-state index contributed by atoms with van der Waals surface area (Å²) in [5.74, 6) is 2.31. The van der Waals surface area contributed by atoms with Crippen molar-refractivity contribution in [1.82, 2.24) is 4.72 Å². The molecule has 2 bridgehead atoms. The second kappa shape index (κ2) is 5.50. The summed E-state index contributed by atoms with van der Waals surface area (Å²) < 4.78 is 32.8. The van der Waals surface area contributed by atoms with Crippen molar-refractivity contribution >= 4 is 15.7 Å². The summed E-state index contributed by atoms with van der Waals surface area (Å²) in [7, 11) is -2.13.